The van der Waals surface area contributed by atoms with Crippen molar-refractivity contribution in [2.24, 2.45) is 0 Å². The molecule has 0 saturated heterocycles. The Labute approximate surface area is 139 Å². The van der Waals surface area contributed by atoms with Crippen molar-refractivity contribution in [1.29, 1.82) is 0 Å². The van der Waals surface area contributed by atoms with E-state index in [1.807, 2.05) is 30.3 Å². The number of furan rings is 1. The summed E-state index contributed by atoms with van der Waals surface area (Å²) in [4.78, 5) is 0. The minimum absolute atomic E-state index is 0.119. The summed E-state index contributed by atoms with van der Waals surface area (Å²) in [6.45, 7) is 7.27. The zero-order valence-corrected chi connectivity index (χ0v) is 14.9. The van der Waals surface area contributed by atoms with Gasteiger partial charge in [0, 0.05) is 14.7 Å². The van der Waals surface area contributed by atoms with E-state index in [0.29, 0.717) is 0 Å². The molecule has 0 unspecified atom stereocenters. The van der Waals surface area contributed by atoms with Gasteiger partial charge in [-0.1, -0.05) is 18.5 Å². The van der Waals surface area contributed by atoms with Gasteiger partial charge in [-0.25, -0.2) is 0 Å². The number of hydrogen-bond acceptors (Lipinski definition) is 2. The van der Waals surface area contributed by atoms with E-state index in [2.05, 4.69) is 48.7 Å². The maximum absolute atomic E-state index is 6.26. The SMILES string of the molecule is CCC(C)(C)NCc1ccc(-c2ccc(I)cc2Cl)o1. The van der Waals surface area contributed by atoms with E-state index in [1.54, 1.807) is 0 Å². The molecule has 2 aromatic rings. The third kappa shape index (κ3) is 3.99. The molecule has 4 heteroatoms. The summed E-state index contributed by atoms with van der Waals surface area (Å²) >= 11 is 8.51. The Bertz CT molecular complexity index is 592. The second-order valence-electron chi connectivity index (χ2n) is 5.48. The van der Waals surface area contributed by atoms with Gasteiger partial charge in [0.05, 0.1) is 11.6 Å². The summed E-state index contributed by atoms with van der Waals surface area (Å²) in [5, 5.41) is 4.21. The highest BCUT2D eigenvalue weighted by Crippen LogP contribution is 2.30. The maximum Gasteiger partial charge on any atom is 0.135 e. The number of nitrogens with one attached hydrogen (secondary N) is 1. The highest BCUT2D eigenvalue weighted by atomic mass is 127. The Morgan fingerprint density at radius 1 is 1.25 bits per heavy atom. The fourth-order valence-electron chi connectivity index (χ4n) is 1.76. The van der Waals surface area contributed by atoms with Crippen LogP contribution in [0.25, 0.3) is 11.3 Å². The van der Waals surface area contributed by atoms with Crippen molar-refractivity contribution in [3.05, 3.63) is 44.7 Å². The van der Waals surface area contributed by atoms with Crippen molar-refractivity contribution in [2.75, 3.05) is 0 Å². The summed E-state index contributed by atoms with van der Waals surface area (Å²) < 4.78 is 7.00. The number of benzene rings is 1. The third-order valence-corrected chi connectivity index (χ3v) is 4.47. The van der Waals surface area contributed by atoms with Crippen molar-refractivity contribution in [1.82, 2.24) is 5.32 Å². The van der Waals surface area contributed by atoms with Gasteiger partial charge in [-0.2, -0.15) is 0 Å². The summed E-state index contributed by atoms with van der Waals surface area (Å²) in [5.74, 6) is 1.74. The average molecular weight is 404 g/mol. The fourth-order valence-corrected chi connectivity index (χ4v) is 2.71. The van der Waals surface area contributed by atoms with E-state index in [4.69, 9.17) is 16.0 Å². The molecule has 0 atom stereocenters. The van der Waals surface area contributed by atoms with Crippen LogP contribution in [0, 0.1) is 3.57 Å². The van der Waals surface area contributed by atoms with Gasteiger partial charge < -0.3 is 9.73 Å². The molecule has 2 nitrogen and oxygen atoms in total. The Kier molecular flexibility index (Phi) is 5.15. The van der Waals surface area contributed by atoms with Crippen LogP contribution in [0.3, 0.4) is 0 Å². The first-order chi connectivity index (χ1) is 9.41. The first-order valence-electron chi connectivity index (χ1n) is 6.70. The minimum Gasteiger partial charge on any atom is -0.460 e. The monoisotopic (exact) mass is 403 g/mol. The third-order valence-electron chi connectivity index (χ3n) is 3.48. The van der Waals surface area contributed by atoms with Crippen LogP contribution in [0.15, 0.2) is 34.7 Å². The van der Waals surface area contributed by atoms with Crippen LogP contribution in [0.1, 0.15) is 33.0 Å². The highest BCUT2D eigenvalue weighted by molar-refractivity contribution is 14.1. The molecule has 0 bridgehead atoms. The molecular weight excluding hydrogens is 385 g/mol. The lowest BCUT2D eigenvalue weighted by atomic mass is 10.0. The number of halogens is 2. The van der Waals surface area contributed by atoms with Gasteiger partial charge in [0.2, 0.25) is 0 Å². The fraction of sp³-hybridized carbons (Fsp3) is 0.375. The van der Waals surface area contributed by atoms with E-state index in [-0.39, 0.29) is 5.54 Å². The van der Waals surface area contributed by atoms with E-state index < -0.39 is 0 Å². The standard InChI is InChI=1S/C16H19ClINO/c1-4-16(2,3)19-10-12-6-8-15(20-12)13-7-5-11(18)9-14(13)17/h5-9,19H,4,10H2,1-3H3. The number of hydrogen-bond donors (Lipinski definition) is 1. The second-order valence-corrected chi connectivity index (χ2v) is 7.13. The lowest BCUT2D eigenvalue weighted by Crippen LogP contribution is -2.37. The maximum atomic E-state index is 6.26. The van der Waals surface area contributed by atoms with Crippen LogP contribution in [-0.4, -0.2) is 5.54 Å². The van der Waals surface area contributed by atoms with Gasteiger partial charge in [-0.15, -0.1) is 0 Å². The van der Waals surface area contributed by atoms with Gasteiger partial charge in [-0.3, -0.25) is 0 Å². The summed E-state index contributed by atoms with van der Waals surface area (Å²) in [6, 6.07) is 9.95. The molecule has 1 heterocycles. The molecule has 0 aliphatic carbocycles. The minimum atomic E-state index is 0.119. The zero-order valence-electron chi connectivity index (χ0n) is 12.0. The van der Waals surface area contributed by atoms with E-state index in [0.717, 1.165) is 38.6 Å². The predicted octanol–water partition coefficient (Wildman–Crippen LogP) is 5.48. The molecular formula is C16H19ClINO. The molecule has 0 fully saturated rings. The van der Waals surface area contributed by atoms with Crippen LogP contribution in [0.5, 0.6) is 0 Å². The summed E-state index contributed by atoms with van der Waals surface area (Å²) in [5.41, 5.74) is 1.06. The Balaban J connectivity index is 2.13. The van der Waals surface area contributed by atoms with Crippen LogP contribution >= 0.6 is 34.2 Å². The lowest BCUT2D eigenvalue weighted by Gasteiger charge is -2.23. The molecule has 2 rings (SSSR count). The van der Waals surface area contributed by atoms with Gasteiger partial charge in [0.25, 0.3) is 0 Å². The van der Waals surface area contributed by atoms with Gasteiger partial charge in [-0.05, 0) is 73.2 Å². The van der Waals surface area contributed by atoms with E-state index in [9.17, 15) is 0 Å². The summed E-state index contributed by atoms with van der Waals surface area (Å²) in [6.07, 6.45) is 1.07. The number of rotatable bonds is 5. The molecule has 1 aromatic heterocycles. The average Bonchev–Trinajstić information content (AvgIpc) is 2.85. The zero-order chi connectivity index (χ0) is 14.8. The van der Waals surface area contributed by atoms with Gasteiger partial charge in [0.15, 0.2) is 0 Å². The molecule has 108 valence electrons. The molecule has 1 aromatic carbocycles. The smallest absolute Gasteiger partial charge is 0.135 e. The van der Waals surface area contributed by atoms with Crippen molar-refractivity contribution in [3.63, 3.8) is 0 Å². The molecule has 0 saturated carbocycles. The second kappa shape index (κ2) is 6.50. The van der Waals surface area contributed by atoms with Crippen LogP contribution in [-0.2, 0) is 6.54 Å². The molecule has 0 radical (unpaired) electrons. The lowest BCUT2D eigenvalue weighted by molar-refractivity contribution is 0.353. The predicted molar refractivity (Wildman–Crippen MR) is 93.1 cm³/mol. The molecule has 20 heavy (non-hydrogen) atoms. The topological polar surface area (TPSA) is 25.2 Å². The largest absolute Gasteiger partial charge is 0.460 e. The molecule has 0 aliphatic rings. The molecule has 1 N–H and O–H groups in total. The molecule has 0 amide bonds. The van der Waals surface area contributed by atoms with Gasteiger partial charge >= 0.3 is 0 Å². The van der Waals surface area contributed by atoms with Crippen LogP contribution in [0.4, 0.5) is 0 Å². The Morgan fingerprint density at radius 3 is 2.65 bits per heavy atom. The first kappa shape index (κ1) is 15.9. The van der Waals surface area contributed by atoms with Gasteiger partial charge in [0.1, 0.15) is 11.5 Å². The first-order valence-corrected chi connectivity index (χ1v) is 8.16. The normalized spacial score (nSPS) is 11.8. The summed E-state index contributed by atoms with van der Waals surface area (Å²) in [7, 11) is 0. The van der Waals surface area contributed by atoms with Crippen molar-refractivity contribution < 1.29 is 4.42 Å². The van der Waals surface area contributed by atoms with Crippen molar-refractivity contribution >= 4 is 34.2 Å². The van der Waals surface area contributed by atoms with Crippen molar-refractivity contribution in [2.45, 2.75) is 39.3 Å². The van der Waals surface area contributed by atoms with Crippen molar-refractivity contribution in [3.8, 4) is 11.3 Å². The van der Waals surface area contributed by atoms with Crippen LogP contribution in [0.2, 0.25) is 5.02 Å². The van der Waals surface area contributed by atoms with E-state index >= 15 is 0 Å². The quantitative estimate of drug-likeness (QED) is 0.669. The Morgan fingerprint density at radius 2 is 2.00 bits per heavy atom. The highest BCUT2D eigenvalue weighted by Gasteiger charge is 2.15. The van der Waals surface area contributed by atoms with E-state index in [1.165, 1.54) is 0 Å². The molecule has 0 spiro atoms. The molecule has 0 aliphatic heterocycles. The Hall–Kier alpha value is -0.520. The van der Waals surface area contributed by atoms with Crippen LogP contribution < -0.4 is 5.32 Å².